The van der Waals surface area contributed by atoms with Crippen molar-refractivity contribution in [2.45, 2.75) is 17.5 Å². The lowest BCUT2D eigenvalue weighted by Gasteiger charge is -2.09. The van der Waals surface area contributed by atoms with Gasteiger partial charge in [0.15, 0.2) is 0 Å². The minimum atomic E-state index is -0.613. The number of ether oxygens (including phenoxy) is 1. The molecule has 1 aliphatic heterocycles. The summed E-state index contributed by atoms with van der Waals surface area (Å²) in [6, 6.07) is -0.613. The third-order valence-corrected chi connectivity index (χ3v) is 4.70. The Balaban J connectivity index is 2.51. The Morgan fingerprint density at radius 1 is 1.69 bits per heavy atom. The van der Waals surface area contributed by atoms with Gasteiger partial charge in [-0.15, -0.1) is 23.5 Å². The smallest absolute Gasteiger partial charge is 0.392 e. The fraction of sp³-hybridized carbons (Fsp3) is 0.750. The molecule has 0 aromatic heterocycles. The first-order valence-electron chi connectivity index (χ1n) is 4.06. The monoisotopic (exact) mass is 217 g/mol. The molecule has 0 aromatic rings. The van der Waals surface area contributed by atoms with Crippen LogP contribution >= 0.6 is 23.5 Å². The molecular formula is C8H11NO2S2. The molecule has 1 unspecified atom stereocenters. The summed E-state index contributed by atoms with van der Waals surface area (Å²) >= 11 is 3.36. The molecule has 13 heavy (non-hydrogen) atoms. The molecule has 0 aliphatic carbocycles. The van der Waals surface area contributed by atoms with E-state index in [0.717, 1.165) is 11.5 Å². The Hall–Kier alpha value is -0.340. The van der Waals surface area contributed by atoms with Crippen LogP contribution in [0.5, 0.6) is 0 Å². The Kier molecular flexibility index (Phi) is 4.46. The number of rotatable bonds is 3. The quantitative estimate of drug-likeness (QED) is 0.531. The van der Waals surface area contributed by atoms with E-state index >= 15 is 0 Å². The molecule has 5 heteroatoms. The predicted octanol–water partition coefficient (Wildman–Crippen LogP) is 1.64. The summed E-state index contributed by atoms with van der Waals surface area (Å²) in [7, 11) is 0. The highest BCUT2D eigenvalue weighted by Crippen LogP contribution is 2.35. The van der Waals surface area contributed by atoms with E-state index in [1.165, 1.54) is 0 Å². The van der Waals surface area contributed by atoms with Crippen molar-refractivity contribution in [3.63, 3.8) is 0 Å². The zero-order chi connectivity index (χ0) is 9.68. The van der Waals surface area contributed by atoms with Gasteiger partial charge in [0.2, 0.25) is 0 Å². The molecule has 0 saturated carbocycles. The van der Waals surface area contributed by atoms with E-state index < -0.39 is 6.04 Å². The third-order valence-electron chi connectivity index (χ3n) is 1.57. The van der Waals surface area contributed by atoms with E-state index in [9.17, 15) is 4.79 Å². The van der Waals surface area contributed by atoms with Gasteiger partial charge in [-0.3, -0.25) is 4.85 Å². The van der Waals surface area contributed by atoms with Crippen molar-refractivity contribution < 1.29 is 9.53 Å². The first-order chi connectivity index (χ1) is 6.29. The fourth-order valence-corrected chi connectivity index (χ4v) is 3.92. The second-order valence-corrected chi connectivity index (χ2v) is 5.23. The summed E-state index contributed by atoms with van der Waals surface area (Å²) in [5.74, 6) is 1.69. The van der Waals surface area contributed by atoms with Gasteiger partial charge in [0.05, 0.1) is 6.61 Å². The maximum absolute atomic E-state index is 11.3. The summed E-state index contributed by atoms with van der Waals surface area (Å²) in [5, 5.41) is 0. The lowest BCUT2D eigenvalue weighted by molar-refractivity contribution is -0.143. The lowest BCUT2D eigenvalue weighted by atomic mass is 10.4. The average molecular weight is 217 g/mol. The van der Waals surface area contributed by atoms with Crippen LogP contribution in [-0.4, -0.2) is 34.7 Å². The second kappa shape index (κ2) is 5.40. The molecule has 0 bridgehead atoms. The minimum absolute atomic E-state index is 0.0801. The fourth-order valence-electron chi connectivity index (χ4n) is 1.01. The van der Waals surface area contributed by atoms with E-state index in [4.69, 9.17) is 11.3 Å². The van der Waals surface area contributed by atoms with E-state index in [1.807, 2.05) is 0 Å². The van der Waals surface area contributed by atoms with Crippen molar-refractivity contribution in [1.82, 2.24) is 0 Å². The Morgan fingerprint density at radius 3 is 2.77 bits per heavy atom. The molecule has 0 amide bonds. The molecule has 1 fully saturated rings. The largest absolute Gasteiger partial charge is 0.460 e. The summed E-state index contributed by atoms with van der Waals surface area (Å²) < 4.78 is 4.91. The first-order valence-corrected chi connectivity index (χ1v) is 6.15. The maximum Gasteiger partial charge on any atom is 0.392 e. The average Bonchev–Trinajstić information content (AvgIpc) is 2.59. The van der Waals surface area contributed by atoms with Crippen molar-refractivity contribution in [3.05, 3.63) is 11.4 Å². The van der Waals surface area contributed by atoms with Crippen LogP contribution in [0.15, 0.2) is 0 Å². The molecule has 1 rings (SSSR count). The van der Waals surface area contributed by atoms with E-state index in [1.54, 1.807) is 30.4 Å². The van der Waals surface area contributed by atoms with Crippen LogP contribution in [0.3, 0.4) is 0 Å². The molecule has 1 atom stereocenters. The number of hydrogen-bond acceptors (Lipinski definition) is 4. The number of hydrogen-bond donors (Lipinski definition) is 0. The van der Waals surface area contributed by atoms with Crippen molar-refractivity contribution in [1.29, 1.82) is 0 Å². The molecule has 0 aromatic carbocycles. The van der Waals surface area contributed by atoms with Crippen LogP contribution in [0.25, 0.3) is 4.85 Å². The highest BCUT2D eigenvalue weighted by molar-refractivity contribution is 8.20. The topological polar surface area (TPSA) is 30.7 Å². The molecule has 1 saturated heterocycles. The van der Waals surface area contributed by atoms with Gasteiger partial charge < -0.3 is 4.74 Å². The Labute approximate surface area is 86.4 Å². The zero-order valence-corrected chi connectivity index (χ0v) is 8.99. The SMILES string of the molecule is [C-]#[N+]C(C(=O)OCC)C1SCCS1. The van der Waals surface area contributed by atoms with Crippen molar-refractivity contribution >= 4 is 29.5 Å². The molecule has 0 spiro atoms. The number of nitrogens with zero attached hydrogens (tertiary/aromatic N) is 1. The number of carbonyl (C=O) groups is 1. The van der Waals surface area contributed by atoms with Crippen LogP contribution in [0.4, 0.5) is 0 Å². The highest BCUT2D eigenvalue weighted by Gasteiger charge is 2.38. The standard InChI is InChI=1S/C8H11NO2S2/c1-3-11-7(10)6(9-2)8-12-4-5-13-8/h6,8H,3-5H2,1H3. The number of carbonyl (C=O) groups excluding carboxylic acids is 1. The van der Waals surface area contributed by atoms with Gasteiger partial charge >= 0.3 is 12.0 Å². The molecule has 0 N–H and O–H groups in total. The lowest BCUT2D eigenvalue weighted by Crippen LogP contribution is -2.27. The summed E-state index contributed by atoms with van der Waals surface area (Å²) in [6.45, 7) is 9.04. The zero-order valence-electron chi connectivity index (χ0n) is 7.36. The van der Waals surface area contributed by atoms with Gasteiger partial charge in [-0.1, -0.05) is 0 Å². The molecule has 3 nitrogen and oxygen atoms in total. The third kappa shape index (κ3) is 2.82. The normalized spacial score (nSPS) is 19.4. The van der Waals surface area contributed by atoms with E-state index in [2.05, 4.69) is 4.85 Å². The van der Waals surface area contributed by atoms with Crippen molar-refractivity contribution in [2.75, 3.05) is 18.1 Å². The minimum Gasteiger partial charge on any atom is -0.460 e. The summed E-state index contributed by atoms with van der Waals surface area (Å²) in [6.07, 6.45) is 0. The first kappa shape index (κ1) is 10.7. The Morgan fingerprint density at radius 2 is 2.31 bits per heavy atom. The van der Waals surface area contributed by atoms with Crippen LogP contribution < -0.4 is 0 Å². The van der Waals surface area contributed by atoms with E-state index in [0.29, 0.717) is 6.61 Å². The van der Waals surface area contributed by atoms with Crippen molar-refractivity contribution in [2.24, 2.45) is 0 Å². The van der Waals surface area contributed by atoms with Crippen LogP contribution in [0.1, 0.15) is 6.92 Å². The molecular weight excluding hydrogens is 206 g/mol. The van der Waals surface area contributed by atoms with Gasteiger partial charge in [-0.05, 0) is 6.92 Å². The van der Waals surface area contributed by atoms with Crippen molar-refractivity contribution in [3.8, 4) is 0 Å². The molecule has 1 heterocycles. The van der Waals surface area contributed by atoms with Crippen LogP contribution in [0, 0.1) is 6.57 Å². The molecule has 0 radical (unpaired) electrons. The van der Waals surface area contributed by atoms with Crippen LogP contribution in [-0.2, 0) is 9.53 Å². The van der Waals surface area contributed by atoms with Gasteiger partial charge in [-0.2, -0.15) is 0 Å². The maximum atomic E-state index is 11.3. The van der Waals surface area contributed by atoms with E-state index in [-0.39, 0.29) is 10.6 Å². The molecule has 72 valence electrons. The van der Waals surface area contributed by atoms with Gasteiger partial charge in [-0.25, -0.2) is 11.4 Å². The summed E-state index contributed by atoms with van der Waals surface area (Å²) in [4.78, 5) is 14.6. The Bertz CT molecular complexity index is 221. The summed E-state index contributed by atoms with van der Waals surface area (Å²) in [5.41, 5.74) is 0. The second-order valence-electron chi connectivity index (χ2n) is 2.44. The van der Waals surface area contributed by atoms with Gasteiger partial charge in [0, 0.05) is 11.5 Å². The van der Waals surface area contributed by atoms with Gasteiger partial charge in [0.25, 0.3) is 0 Å². The van der Waals surface area contributed by atoms with Crippen LogP contribution in [0.2, 0.25) is 0 Å². The van der Waals surface area contributed by atoms with Gasteiger partial charge in [0.1, 0.15) is 4.58 Å². The predicted molar refractivity (Wildman–Crippen MR) is 55.7 cm³/mol. The molecule has 1 aliphatic rings. The number of esters is 1. The number of thioether (sulfide) groups is 2. The highest BCUT2D eigenvalue weighted by atomic mass is 32.2.